The van der Waals surface area contributed by atoms with E-state index in [2.05, 4.69) is 15.3 Å². The summed E-state index contributed by atoms with van der Waals surface area (Å²) in [5.74, 6) is 0.317. The number of benzene rings is 2. The minimum absolute atomic E-state index is 0.0917. The van der Waals surface area contributed by atoms with Gasteiger partial charge in [0.25, 0.3) is 0 Å². The smallest absolute Gasteiger partial charge is 0.332 e. The van der Waals surface area contributed by atoms with Gasteiger partial charge in [0.15, 0.2) is 0 Å². The lowest BCUT2D eigenvalue weighted by molar-refractivity contribution is -0.116. The summed E-state index contributed by atoms with van der Waals surface area (Å²) in [4.78, 5) is 21.6. The van der Waals surface area contributed by atoms with Gasteiger partial charge in [-0.05, 0) is 56.7 Å². The fourth-order valence-electron chi connectivity index (χ4n) is 3.36. The molecule has 0 atom stereocenters. The molecule has 0 fully saturated rings. The second-order valence-electron chi connectivity index (χ2n) is 7.85. The number of guanidine groups is 2. The van der Waals surface area contributed by atoms with Crippen molar-refractivity contribution in [1.29, 1.82) is 0 Å². The van der Waals surface area contributed by atoms with Gasteiger partial charge >= 0.3 is 10.2 Å². The van der Waals surface area contributed by atoms with Crippen molar-refractivity contribution in [2.24, 2.45) is 21.5 Å². The van der Waals surface area contributed by atoms with Crippen LogP contribution in [0.25, 0.3) is 0 Å². The summed E-state index contributed by atoms with van der Waals surface area (Å²) in [6, 6.07) is 10.0. The molecule has 0 spiro atoms. The Balaban J connectivity index is 1.54. The maximum atomic E-state index is 13.1. The Kier molecular flexibility index (Phi) is 7.32. The SMILES string of the molecule is CC1(C)N=C(N)N=C(N)N1c1ccc(OCCCC(=O)Nc2cccc(S(=O)(=O)F)c2)c(Cl)c1. The number of aliphatic imine (C=N–C) groups is 2. The van der Waals surface area contributed by atoms with Crippen LogP contribution in [0.3, 0.4) is 0 Å². The first kappa shape index (κ1) is 25.2. The van der Waals surface area contributed by atoms with Crippen LogP contribution in [0.2, 0.25) is 5.02 Å². The van der Waals surface area contributed by atoms with Crippen LogP contribution >= 0.6 is 11.6 Å². The number of nitrogens with two attached hydrogens (primary N) is 2. The Morgan fingerprint density at radius 2 is 1.97 bits per heavy atom. The normalized spacial score (nSPS) is 15.4. The fraction of sp³-hybridized carbons (Fsp3) is 0.286. The van der Waals surface area contributed by atoms with Crippen molar-refractivity contribution >= 4 is 51.0 Å². The highest BCUT2D eigenvalue weighted by atomic mass is 35.5. The zero-order valence-electron chi connectivity index (χ0n) is 18.5. The van der Waals surface area contributed by atoms with E-state index < -0.39 is 20.8 Å². The Morgan fingerprint density at radius 1 is 1.24 bits per heavy atom. The van der Waals surface area contributed by atoms with Crippen LogP contribution in [0.5, 0.6) is 5.75 Å². The van der Waals surface area contributed by atoms with Crippen LogP contribution < -0.4 is 26.4 Å². The molecule has 10 nitrogen and oxygen atoms in total. The zero-order valence-corrected chi connectivity index (χ0v) is 20.0. The van der Waals surface area contributed by atoms with Gasteiger partial charge in [0.2, 0.25) is 17.8 Å². The summed E-state index contributed by atoms with van der Waals surface area (Å²) in [5.41, 5.74) is 11.8. The van der Waals surface area contributed by atoms with Crippen LogP contribution in [-0.4, -0.2) is 38.5 Å². The monoisotopic (exact) mass is 510 g/mol. The van der Waals surface area contributed by atoms with Crippen LogP contribution in [0, 0.1) is 0 Å². The Hall–Kier alpha value is -3.38. The molecule has 0 radical (unpaired) electrons. The van der Waals surface area contributed by atoms with Crippen molar-refractivity contribution < 1.29 is 21.8 Å². The zero-order chi connectivity index (χ0) is 25.1. The molecular formula is C21H24ClFN6O4S. The number of nitrogens with one attached hydrogen (secondary N) is 1. The van der Waals surface area contributed by atoms with Crippen LogP contribution in [0.4, 0.5) is 15.3 Å². The first-order valence-electron chi connectivity index (χ1n) is 10.1. The first-order chi connectivity index (χ1) is 15.9. The average molecular weight is 511 g/mol. The van der Waals surface area contributed by atoms with Crippen molar-refractivity contribution in [2.75, 3.05) is 16.8 Å². The van der Waals surface area contributed by atoms with E-state index in [1.807, 2.05) is 13.8 Å². The third-order valence-electron chi connectivity index (χ3n) is 4.77. The molecule has 1 aliphatic rings. The molecule has 0 unspecified atom stereocenters. The summed E-state index contributed by atoms with van der Waals surface area (Å²) < 4.78 is 40.7. The summed E-state index contributed by atoms with van der Waals surface area (Å²) in [6.45, 7) is 3.86. The molecule has 13 heteroatoms. The summed E-state index contributed by atoms with van der Waals surface area (Å²) in [6.07, 6.45) is 0.453. The molecule has 34 heavy (non-hydrogen) atoms. The largest absolute Gasteiger partial charge is 0.492 e. The quantitative estimate of drug-likeness (QED) is 0.364. The van der Waals surface area contributed by atoms with Gasteiger partial charge in [0.05, 0.1) is 11.6 Å². The number of carbonyl (C=O) groups excluding carboxylic acids is 1. The van der Waals surface area contributed by atoms with E-state index in [9.17, 15) is 17.1 Å². The van der Waals surface area contributed by atoms with Crippen LogP contribution in [-0.2, 0) is 15.0 Å². The highest BCUT2D eigenvalue weighted by Gasteiger charge is 2.33. The van der Waals surface area contributed by atoms with Crippen molar-refractivity contribution in [3.05, 3.63) is 47.5 Å². The molecule has 1 amide bonds. The maximum absolute atomic E-state index is 13.1. The number of halogens is 2. The van der Waals surface area contributed by atoms with Crippen LogP contribution in [0.15, 0.2) is 57.3 Å². The summed E-state index contributed by atoms with van der Waals surface area (Å²) >= 11 is 6.37. The van der Waals surface area contributed by atoms with E-state index in [1.165, 1.54) is 12.1 Å². The van der Waals surface area contributed by atoms with Crippen molar-refractivity contribution in [2.45, 2.75) is 37.2 Å². The summed E-state index contributed by atoms with van der Waals surface area (Å²) in [7, 11) is -4.85. The number of hydrogen-bond donors (Lipinski definition) is 3. The van der Waals surface area contributed by atoms with Gasteiger partial charge in [0.1, 0.15) is 16.3 Å². The summed E-state index contributed by atoms with van der Waals surface area (Å²) in [5, 5.41) is 2.85. The van der Waals surface area contributed by atoms with E-state index >= 15 is 0 Å². The number of anilines is 2. The molecule has 1 aliphatic heterocycles. The standard InChI is InChI=1S/C21H24ClFN6O4S/c1-21(2)28-19(24)27-20(25)29(21)14-8-9-17(16(22)12-14)33-10-4-7-18(30)26-13-5-3-6-15(11-13)34(23,31)32/h3,5-6,8-9,11-12H,4,7,10H2,1-2H3,(H,26,30)(H4,24,25,27,28). The van der Waals surface area contributed by atoms with E-state index in [-0.39, 0.29) is 36.5 Å². The Labute approximate surface area is 201 Å². The van der Waals surface area contributed by atoms with E-state index in [0.29, 0.717) is 22.9 Å². The lowest BCUT2D eigenvalue weighted by Gasteiger charge is -2.38. The van der Waals surface area contributed by atoms with Gasteiger partial charge in [-0.2, -0.15) is 13.4 Å². The molecule has 2 aromatic carbocycles. The topological polar surface area (TPSA) is 152 Å². The molecule has 0 aromatic heterocycles. The fourth-order valence-corrected chi connectivity index (χ4v) is 4.10. The predicted molar refractivity (Wildman–Crippen MR) is 129 cm³/mol. The second kappa shape index (κ2) is 9.85. The van der Waals surface area contributed by atoms with E-state index in [1.54, 1.807) is 23.1 Å². The Morgan fingerprint density at radius 3 is 2.62 bits per heavy atom. The molecule has 2 aromatic rings. The molecule has 0 saturated carbocycles. The Bertz CT molecular complexity index is 1270. The molecule has 182 valence electrons. The van der Waals surface area contributed by atoms with Gasteiger partial charge in [-0.15, -0.1) is 3.89 Å². The van der Waals surface area contributed by atoms with Gasteiger partial charge in [-0.25, -0.2) is 4.99 Å². The molecular weight excluding hydrogens is 487 g/mol. The minimum Gasteiger partial charge on any atom is -0.492 e. The second-order valence-corrected chi connectivity index (χ2v) is 9.60. The minimum atomic E-state index is -4.85. The highest BCUT2D eigenvalue weighted by Crippen LogP contribution is 2.34. The number of amides is 1. The van der Waals surface area contributed by atoms with Crippen molar-refractivity contribution in [3.63, 3.8) is 0 Å². The van der Waals surface area contributed by atoms with Gasteiger partial charge < -0.3 is 21.5 Å². The van der Waals surface area contributed by atoms with Crippen LogP contribution in [0.1, 0.15) is 26.7 Å². The molecule has 1 heterocycles. The molecule has 0 bridgehead atoms. The van der Waals surface area contributed by atoms with Gasteiger partial charge in [0, 0.05) is 17.8 Å². The number of carbonyl (C=O) groups is 1. The maximum Gasteiger partial charge on any atom is 0.332 e. The third-order valence-corrected chi connectivity index (χ3v) is 5.88. The van der Waals surface area contributed by atoms with Gasteiger partial charge in [-0.3, -0.25) is 9.69 Å². The lowest BCUT2D eigenvalue weighted by Crippen LogP contribution is -2.54. The van der Waals surface area contributed by atoms with Crippen molar-refractivity contribution in [3.8, 4) is 5.75 Å². The number of hydrogen-bond acceptors (Lipinski definition) is 9. The molecule has 3 rings (SSSR count). The first-order valence-corrected chi connectivity index (χ1v) is 11.9. The number of rotatable bonds is 8. The number of nitrogens with zero attached hydrogens (tertiary/aromatic N) is 3. The average Bonchev–Trinajstić information content (AvgIpc) is 2.70. The highest BCUT2D eigenvalue weighted by molar-refractivity contribution is 7.86. The molecule has 0 saturated heterocycles. The predicted octanol–water partition coefficient (Wildman–Crippen LogP) is 2.98. The molecule has 5 N–H and O–H groups in total. The van der Waals surface area contributed by atoms with Gasteiger partial charge in [-0.1, -0.05) is 17.7 Å². The third kappa shape index (κ3) is 6.14. The van der Waals surface area contributed by atoms with Crippen molar-refractivity contribution in [1.82, 2.24) is 0 Å². The number of ether oxygens (including phenoxy) is 1. The molecule has 0 aliphatic carbocycles. The van der Waals surface area contributed by atoms with E-state index in [4.69, 9.17) is 27.8 Å². The lowest BCUT2D eigenvalue weighted by atomic mass is 10.1. The van der Waals surface area contributed by atoms with E-state index in [0.717, 1.165) is 12.1 Å².